The number of aliphatic imine (C=N–C) groups is 1. The lowest BCUT2D eigenvalue weighted by Crippen LogP contribution is -2.41. The van der Waals surface area contributed by atoms with Crippen molar-refractivity contribution in [2.24, 2.45) is 4.99 Å². The number of nitrogens with zero attached hydrogens (tertiary/aromatic N) is 2. The Morgan fingerprint density at radius 3 is 2.46 bits per heavy atom. The Labute approximate surface area is 164 Å². The van der Waals surface area contributed by atoms with Gasteiger partial charge in [0.15, 0.2) is 5.96 Å². The predicted octanol–water partition coefficient (Wildman–Crippen LogP) is 3.75. The molecule has 0 aromatic heterocycles. The average molecular weight is 444 g/mol. The Morgan fingerprint density at radius 1 is 1.17 bits per heavy atom. The second-order valence-electron chi connectivity index (χ2n) is 6.33. The third-order valence-electron chi connectivity index (χ3n) is 4.67. The normalized spacial score (nSPS) is 15.4. The molecule has 2 N–H and O–H groups in total. The maximum atomic E-state index is 4.35. The summed E-state index contributed by atoms with van der Waals surface area (Å²) >= 11 is 0. The summed E-state index contributed by atoms with van der Waals surface area (Å²) in [4.78, 5) is 6.79. The van der Waals surface area contributed by atoms with Gasteiger partial charge in [-0.05, 0) is 37.1 Å². The van der Waals surface area contributed by atoms with Gasteiger partial charge in [-0.15, -0.1) is 24.0 Å². The van der Waals surface area contributed by atoms with Crippen molar-refractivity contribution in [2.75, 3.05) is 20.1 Å². The van der Waals surface area contributed by atoms with Crippen molar-refractivity contribution in [3.8, 4) is 0 Å². The molecule has 1 aromatic rings. The smallest absolute Gasteiger partial charge is 0.191 e. The number of hydrogen-bond donors (Lipinski definition) is 2. The Balaban J connectivity index is 0.00000288. The molecule has 1 saturated carbocycles. The van der Waals surface area contributed by atoms with Crippen LogP contribution in [0.15, 0.2) is 29.3 Å². The van der Waals surface area contributed by atoms with Crippen LogP contribution >= 0.6 is 24.0 Å². The maximum absolute atomic E-state index is 4.35. The summed E-state index contributed by atoms with van der Waals surface area (Å²) in [6.45, 7) is 8.46. The second-order valence-corrected chi connectivity index (χ2v) is 6.33. The summed E-state index contributed by atoms with van der Waals surface area (Å²) in [6, 6.07) is 9.45. The highest BCUT2D eigenvalue weighted by Crippen LogP contribution is 2.17. The number of nitrogens with one attached hydrogen (secondary N) is 2. The molecular weight excluding hydrogens is 411 g/mol. The Kier molecular flexibility index (Phi) is 10.3. The van der Waals surface area contributed by atoms with E-state index in [1.165, 1.54) is 36.8 Å². The quantitative estimate of drug-likeness (QED) is 0.382. The van der Waals surface area contributed by atoms with Gasteiger partial charge in [-0.25, -0.2) is 0 Å². The molecule has 0 unspecified atom stereocenters. The number of guanidine groups is 1. The molecule has 1 aliphatic rings. The summed E-state index contributed by atoms with van der Waals surface area (Å²) < 4.78 is 0. The summed E-state index contributed by atoms with van der Waals surface area (Å²) in [5, 5.41) is 6.98. The molecule has 0 amide bonds. The van der Waals surface area contributed by atoms with Crippen LogP contribution in [-0.2, 0) is 13.1 Å². The van der Waals surface area contributed by atoms with Gasteiger partial charge in [0.05, 0.1) is 0 Å². The van der Waals surface area contributed by atoms with Crippen molar-refractivity contribution in [1.29, 1.82) is 0 Å². The van der Waals surface area contributed by atoms with E-state index in [1.54, 1.807) is 0 Å². The molecule has 0 saturated heterocycles. The van der Waals surface area contributed by atoms with Gasteiger partial charge in [0.2, 0.25) is 0 Å². The Morgan fingerprint density at radius 2 is 1.83 bits per heavy atom. The monoisotopic (exact) mass is 444 g/mol. The largest absolute Gasteiger partial charge is 0.354 e. The first-order valence-electron chi connectivity index (χ1n) is 9.02. The van der Waals surface area contributed by atoms with Gasteiger partial charge in [-0.1, -0.05) is 51.0 Å². The zero-order valence-corrected chi connectivity index (χ0v) is 17.7. The van der Waals surface area contributed by atoms with Crippen LogP contribution in [0.1, 0.15) is 50.7 Å². The fraction of sp³-hybridized carbons (Fsp3) is 0.632. The first kappa shape index (κ1) is 21.2. The number of rotatable bonds is 7. The van der Waals surface area contributed by atoms with E-state index in [0.29, 0.717) is 6.04 Å². The topological polar surface area (TPSA) is 39.7 Å². The zero-order valence-electron chi connectivity index (χ0n) is 15.3. The van der Waals surface area contributed by atoms with Crippen molar-refractivity contribution in [1.82, 2.24) is 15.5 Å². The summed E-state index contributed by atoms with van der Waals surface area (Å²) in [5.74, 6) is 0.922. The van der Waals surface area contributed by atoms with Crippen LogP contribution in [0.25, 0.3) is 0 Å². The fourth-order valence-corrected chi connectivity index (χ4v) is 3.19. The molecule has 5 heteroatoms. The van der Waals surface area contributed by atoms with Gasteiger partial charge in [-0.3, -0.25) is 9.89 Å². The van der Waals surface area contributed by atoms with Crippen LogP contribution in [0.5, 0.6) is 0 Å². The van der Waals surface area contributed by atoms with Gasteiger partial charge in [-0.2, -0.15) is 0 Å². The molecule has 4 nitrogen and oxygen atoms in total. The highest BCUT2D eigenvalue weighted by atomic mass is 127. The molecule has 0 radical (unpaired) electrons. The Bertz CT molecular complexity index is 494. The molecule has 1 aromatic carbocycles. The summed E-state index contributed by atoms with van der Waals surface area (Å²) in [6.07, 6.45) is 5.20. The first-order valence-corrected chi connectivity index (χ1v) is 9.02. The van der Waals surface area contributed by atoms with Crippen molar-refractivity contribution >= 4 is 29.9 Å². The second kappa shape index (κ2) is 11.7. The van der Waals surface area contributed by atoms with Crippen molar-refractivity contribution in [2.45, 2.75) is 58.7 Å². The minimum Gasteiger partial charge on any atom is -0.354 e. The lowest BCUT2D eigenvalue weighted by atomic mass is 10.1. The number of halogens is 1. The predicted molar refractivity (Wildman–Crippen MR) is 114 cm³/mol. The molecule has 1 aliphatic carbocycles. The standard InChI is InChI=1S/C19H32N4.HI/c1-4-23(5-2)15-17-10-8-9-16(13-17)14-21-19(20-3)22-18-11-6-7-12-18;/h8-10,13,18H,4-7,11-12,14-15H2,1-3H3,(H2,20,21,22);1H. The van der Waals surface area contributed by atoms with Crippen LogP contribution in [0, 0.1) is 0 Å². The molecule has 0 heterocycles. The first-order chi connectivity index (χ1) is 11.2. The van der Waals surface area contributed by atoms with E-state index >= 15 is 0 Å². The number of hydrogen-bond acceptors (Lipinski definition) is 2. The lowest BCUT2D eigenvalue weighted by molar-refractivity contribution is 0.296. The molecule has 24 heavy (non-hydrogen) atoms. The van der Waals surface area contributed by atoms with E-state index in [1.807, 2.05) is 7.05 Å². The third-order valence-corrected chi connectivity index (χ3v) is 4.67. The van der Waals surface area contributed by atoms with Crippen molar-refractivity contribution < 1.29 is 0 Å². The lowest BCUT2D eigenvalue weighted by Gasteiger charge is -2.19. The van der Waals surface area contributed by atoms with Crippen molar-refractivity contribution in [3.05, 3.63) is 35.4 Å². The van der Waals surface area contributed by atoms with E-state index in [2.05, 4.69) is 58.6 Å². The van der Waals surface area contributed by atoms with Crippen LogP contribution in [0.4, 0.5) is 0 Å². The van der Waals surface area contributed by atoms with Gasteiger partial charge in [0, 0.05) is 26.2 Å². The van der Waals surface area contributed by atoms with Gasteiger partial charge >= 0.3 is 0 Å². The molecular formula is C19H33IN4. The molecule has 0 atom stereocenters. The van der Waals surface area contributed by atoms with E-state index in [-0.39, 0.29) is 24.0 Å². The molecule has 0 spiro atoms. The van der Waals surface area contributed by atoms with Crippen LogP contribution < -0.4 is 10.6 Å². The Hall–Kier alpha value is -0.820. The van der Waals surface area contributed by atoms with E-state index in [9.17, 15) is 0 Å². The van der Waals surface area contributed by atoms with E-state index in [0.717, 1.165) is 32.1 Å². The molecule has 2 rings (SSSR count). The average Bonchev–Trinajstić information content (AvgIpc) is 3.09. The fourth-order valence-electron chi connectivity index (χ4n) is 3.19. The van der Waals surface area contributed by atoms with Crippen LogP contribution in [0.2, 0.25) is 0 Å². The van der Waals surface area contributed by atoms with E-state index in [4.69, 9.17) is 0 Å². The van der Waals surface area contributed by atoms with E-state index < -0.39 is 0 Å². The molecule has 1 fully saturated rings. The maximum Gasteiger partial charge on any atom is 0.191 e. The minimum absolute atomic E-state index is 0. The summed E-state index contributed by atoms with van der Waals surface area (Å²) in [7, 11) is 1.85. The van der Waals surface area contributed by atoms with Crippen molar-refractivity contribution in [3.63, 3.8) is 0 Å². The number of benzene rings is 1. The van der Waals surface area contributed by atoms with Crippen LogP contribution in [-0.4, -0.2) is 37.0 Å². The highest BCUT2D eigenvalue weighted by molar-refractivity contribution is 14.0. The van der Waals surface area contributed by atoms with Gasteiger partial charge < -0.3 is 10.6 Å². The van der Waals surface area contributed by atoms with Gasteiger partial charge in [0.25, 0.3) is 0 Å². The minimum atomic E-state index is 0. The van der Waals surface area contributed by atoms with Crippen LogP contribution in [0.3, 0.4) is 0 Å². The third kappa shape index (κ3) is 6.97. The summed E-state index contributed by atoms with van der Waals surface area (Å²) in [5.41, 5.74) is 2.69. The van der Waals surface area contributed by atoms with Gasteiger partial charge in [0.1, 0.15) is 0 Å². The molecule has 0 aliphatic heterocycles. The zero-order chi connectivity index (χ0) is 16.5. The highest BCUT2D eigenvalue weighted by Gasteiger charge is 2.15. The SMILES string of the molecule is CCN(CC)Cc1cccc(CNC(=NC)NC2CCCC2)c1.I. The molecule has 0 bridgehead atoms. The molecule has 136 valence electrons.